The highest BCUT2D eigenvalue weighted by molar-refractivity contribution is 5.90. The number of rotatable bonds is 6. The number of nitrogens with one attached hydrogen (secondary N) is 1. The summed E-state index contributed by atoms with van der Waals surface area (Å²) < 4.78 is 14.9. The van der Waals surface area contributed by atoms with Gasteiger partial charge in [-0.1, -0.05) is 0 Å². The lowest BCUT2D eigenvalue weighted by Gasteiger charge is -2.15. The van der Waals surface area contributed by atoms with E-state index in [9.17, 15) is 14.0 Å². The van der Waals surface area contributed by atoms with Gasteiger partial charge in [-0.15, -0.1) is 0 Å². The van der Waals surface area contributed by atoms with Crippen LogP contribution in [0.15, 0.2) is 30.3 Å². The van der Waals surface area contributed by atoms with Crippen LogP contribution >= 0.6 is 0 Å². The molecule has 1 aliphatic heterocycles. The van der Waals surface area contributed by atoms with Gasteiger partial charge in [-0.3, -0.25) is 9.59 Å². The van der Waals surface area contributed by atoms with Crippen molar-refractivity contribution < 1.29 is 14.0 Å². The minimum Gasteiger partial charge on any atom is -0.342 e. The maximum atomic E-state index is 13.1. The number of anilines is 1. The molecule has 1 aliphatic carbocycles. The molecule has 5 rings (SSSR count). The molecule has 2 aromatic heterocycles. The second-order valence-electron chi connectivity index (χ2n) is 9.20. The summed E-state index contributed by atoms with van der Waals surface area (Å²) in [7, 11) is 0. The first-order valence-electron chi connectivity index (χ1n) is 11.6. The summed E-state index contributed by atoms with van der Waals surface area (Å²) in [5, 5.41) is 7.64. The van der Waals surface area contributed by atoms with E-state index in [1.807, 2.05) is 29.3 Å². The first-order valence-corrected chi connectivity index (χ1v) is 11.6. The van der Waals surface area contributed by atoms with E-state index in [1.165, 1.54) is 12.1 Å². The van der Waals surface area contributed by atoms with E-state index in [2.05, 4.69) is 5.32 Å². The molecule has 0 spiro atoms. The van der Waals surface area contributed by atoms with Crippen LogP contribution in [0.1, 0.15) is 54.2 Å². The summed E-state index contributed by atoms with van der Waals surface area (Å²) in [5.41, 5.74) is 5.21. The Morgan fingerprint density at radius 1 is 1.15 bits per heavy atom. The number of likely N-dealkylation sites (tertiary alicyclic amines) is 1. The number of halogens is 1. The van der Waals surface area contributed by atoms with E-state index in [0.29, 0.717) is 24.4 Å². The van der Waals surface area contributed by atoms with Crippen LogP contribution in [0.4, 0.5) is 10.1 Å². The van der Waals surface area contributed by atoms with Gasteiger partial charge in [0.2, 0.25) is 11.8 Å². The van der Waals surface area contributed by atoms with Crippen LogP contribution in [0.3, 0.4) is 0 Å². The van der Waals surface area contributed by atoms with Crippen molar-refractivity contribution in [3.8, 4) is 0 Å². The van der Waals surface area contributed by atoms with Crippen LogP contribution in [0.5, 0.6) is 0 Å². The maximum Gasteiger partial charge on any atom is 0.225 e. The summed E-state index contributed by atoms with van der Waals surface area (Å²) in [4.78, 5) is 31.5. The fourth-order valence-electron chi connectivity index (χ4n) is 4.69. The lowest BCUT2D eigenvalue weighted by molar-refractivity contribution is -0.131. The topological polar surface area (TPSA) is 79.6 Å². The highest BCUT2D eigenvalue weighted by Crippen LogP contribution is 2.35. The molecular weight excluding hydrogens is 421 g/mol. The molecule has 1 N–H and O–H groups in total. The zero-order valence-electron chi connectivity index (χ0n) is 19.0. The van der Waals surface area contributed by atoms with Gasteiger partial charge in [-0.2, -0.15) is 5.10 Å². The van der Waals surface area contributed by atoms with Gasteiger partial charge >= 0.3 is 0 Å². The number of hydrogen-bond donors (Lipinski definition) is 1. The standard InChI is InChI=1S/C25H28FN5O2/c1-15-21(9-10-24(32)28-20-7-5-19(26)6-8-20)16(2)31-23(27-15)13-22(29-31)18-11-12-30(14-18)25(33)17-3-4-17/h5-8,13,17-18H,3-4,9-12,14H2,1-2H3,(H,28,32). The lowest BCUT2D eigenvalue weighted by Crippen LogP contribution is -2.29. The van der Waals surface area contributed by atoms with E-state index in [4.69, 9.17) is 10.1 Å². The average Bonchev–Trinajstić information content (AvgIpc) is 3.36. The molecule has 2 aliphatic rings. The highest BCUT2D eigenvalue weighted by atomic mass is 19.1. The third-order valence-corrected chi connectivity index (χ3v) is 6.76. The van der Waals surface area contributed by atoms with Gasteiger partial charge in [0.1, 0.15) is 5.82 Å². The van der Waals surface area contributed by atoms with Crippen molar-refractivity contribution in [1.82, 2.24) is 19.5 Å². The van der Waals surface area contributed by atoms with Crippen LogP contribution in [-0.2, 0) is 16.0 Å². The van der Waals surface area contributed by atoms with Gasteiger partial charge in [-0.25, -0.2) is 13.9 Å². The number of aryl methyl sites for hydroxylation is 2. The van der Waals surface area contributed by atoms with Crippen molar-refractivity contribution in [2.45, 2.75) is 51.9 Å². The third-order valence-electron chi connectivity index (χ3n) is 6.76. The quantitative estimate of drug-likeness (QED) is 0.621. The monoisotopic (exact) mass is 449 g/mol. The molecule has 7 nitrogen and oxygen atoms in total. The Kier molecular flexibility index (Phi) is 5.60. The normalized spacial score (nSPS) is 18.2. The average molecular weight is 450 g/mol. The van der Waals surface area contributed by atoms with Crippen LogP contribution in [0, 0.1) is 25.6 Å². The van der Waals surface area contributed by atoms with Crippen molar-refractivity contribution in [1.29, 1.82) is 0 Å². The molecule has 0 radical (unpaired) electrons. The molecule has 1 aromatic carbocycles. The lowest BCUT2D eigenvalue weighted by atomic mass is 10.1. The van der Waals surface area contributed by atoms with Gasteiger partial charge in [0.15, 0.2) is 5.65 Å². The molecule has 0 bridgehead atoms. The Labute approximate surface area is 192 Å². The summed E-state index contributed by atoms with van der Waals surface area (Å²) in [6.07, 6.45) is 3.82. The number of carbonyl (C=O) groups excluding carboxylic acids is 2. The van der Waals surface area contributed by atoms with Crippen LogP contribution in [0.2, 0.25) is 0 Å². The number of aromatic nitrogens is 3. The van der Waals surface area contributed by atoms with Crippen LogP contribution in [0.25, 0.3) is 5.65 Å². The van der Waals surface area contributed by atoms with Crippen LogP contribution < -0.4 is 5.32 Å². The minimum absolute atomic E-state index is 0.131. The van der Waals surface area contributed by atoms with Gasteiger partial charge in [0.25, 0.3) is 0 Å². The SMILES string of the molecule is Cc1nc2cc(C3CCN(C(=O)C4CC4)C3)nn2c(C)c1CCC(=O)Nc1ccc(F)cc1. The van der Waals surface area contributed by atoms with E-state index in [-0.39, 0.29) is 23.6 Å². The van der Waals surface area contributed by atoms with E-state index in [1.54, 1.807) is 12.1 Å². The van der Waals surface area contributed by atoms with Gasteiger partial charge in [0.05, 0.1) is 5.69 Å². The van der Waals surface area contributed by atoms with Gasteiger partial charge < -0.3 is 10.2 Å². The Bertz CT molecular complexity index is 1220. The number of carbonyl (C=O) groups is 2. The summed E-state index contributed by atoms with van der Waals surface area (Å²) in [5.74, 6) is 0.316. The van der Waals surface area contributed by atoms with Crippen molar-refractivity contribution in [3.63, 3.8) is 0 Å². The van der Waals surface area contributed by atoms with E-state index < -0.39 is 0 Å². The molecule has 2 amide bonds. The molecule has 2 fully saturated rings. The molecular formula is C25H28FN5O2. The zero-order chi connectivity index (χ0) is 23.1. The molecule has 1 atom stereocenters. The molecule has 3 aromatic rings. The smallest absolute Gasteiger partial charge is 0.225 e. The molecule has 33 heavy (non-hydrogen) atoms. The Morgan fingerprint density at radius 3 is 2.64 bits per heavy atom. The fraction of sp³-hybridized carbons (Fsp3) is 0.440. The Morgan fingerprint density at radius 2 is 1.91 bits per heavy atom. The summed E-state index contributed by atoms with van der Waals surface area (Å²) in [6.45, 7) is 5.49. The largest absolute Gasteiger partial charge is 0.342 e. The number of amides is 2. The Balaban J connectivity index is 1.28. The second-order valence-corrected chi connectivity index (χ2v) is 9.20. The van der Waals surface area contributed by atoms with Gasteiger partial charge in [0, 0.05) is 54.5 Å². The van der Waals surface area contributed by atoms with Crippen molar-refractivity contribution in [2.24, 2.45) is 5.92 Å². The van der Waals surface area contributed by atoms with Gasteiger partial charge in [-0.05, 0) is 69.4 Å². The fourth-order valence-corrected chi connectivity index (χ4v) is 4.69. The zero-order valence-corrected chi connectivity index (χ0v) is 19.0. The highest BCUT2D eigenvalue weighted by Gasteiger charge is 2.37. The Hall–Kier alpha value is -3.29. The predicted molar refractivity (Wildman–Crippen MR) is 122 cm³/mol. The summed E-state index contributed by atoms with van der Waals surface area (Å²) in [6, 6.07) is 7.77. The molecule has 172 valence electrons. The van der Waals surface area contributed by atoms with Crippen molar-refractivity contribution >= 4 is 23.1 Å². The number of benzene rings is 1. The molecule has 8 heteroatoms. The maximum absolute atomic E-state index is 13.1. The van der Waals surface area contributed by atoms with E-state index in [0.717, 1.165) is 60.6 Å². The molecule has 3 heterocycles. The third kappa shape index (κ3) is 4.47. The molecule has 1 saturated carbocycles. The predicted octanol–water partition coefficient (Wildman–Crippen LogP) is 3.78. The van der Waals surface area contributed by atoms with E-state index >= 15 is 0 Å². The minimum atomic E-state index is -0.336. The summed E-state index contributed by atoms with van der Waals surface area (Å²) >= 11 is 0. The first-order chi connectivity index (χ1) is 15.9. The first kappa shape index (κ1) is 21.6. The second kappa shape index (κ2) is 8.57. The van der Waals surface area contributed by atoms with Crippen molar-refractivity contribution in [2.75, 3.05) is 18.4 Å². The number of fused-ring (bicyclic) bond motifs is 1. The number of hydrogen-bond acceptors (Lipinski definition) is 4. The van der Waals surface area contributed by atoms with Crippen LogP contribution in [-0.4, -0.2) is 44.4 Å². The van der Waals surface area contributed by atoms with Crippen molar-refractivity contribution in [3.05, 3.63) is 58.8 Å². The molecule has 1 unspecified atom stereocenters. The number of nitrogens with zero attached hydrogens (tertiary/aromatic N) is 4. The molecule has 1 saturated heterocycles.